The van der Waals surface area contributed by atoms with E-state index in [0.717, 1.165) is 0 Å². The summed E-state index contributed by atoms with van der Waals surface area (Å²) in [7, 11) is 1.73. The van der Waals surface area contributed by atoms with Crippen LogP contribution in [0.15, 0.2) is 47.3 Å². The van der Waals surface area contributed by atoms with E-state index in [-0.39, 0.29) is 17.9 Å². The minimum atomic E-state index is -0.690. The van der Waals surface area contributed by atoms with E-state index in [9.17, 15) is 20.2 Å². The first-order valence-corrected chi connectivity index (χ1v) is 7.37. The van der Waals surface area contributed by atoms with Crippen molar-refractivity contribution in [3.05, 3.63) is 63.0 Å². The number of allylic oxidation sites excluding steroid dienone is 2. The normalized spacial score (nSPS) is 17.2. The third kappa shape index (κ3) is 3.13. The third-order valence-electron chi connectivity index (χ3n) is 3.90. The topological polar surface area (TPSA) is 96.5 Å². The molecule has 1 unspecified atom stereocenters. The predicted molar refractivity (Wildman–Crippen MR) is 86.6 cm³/mol. The number of carbonyl (C=O) groups excluding carboxylic acids is 1. The molecule has 2 rings (SSSR count). The van der Waals surface area contributed by atoms with Crippen LogP contribution in [-0.2, 0) is 9.53 Å². The van der Waals surface area contributed by atoms with E-state index in [0.29, 0.717) is 16.8 Å². The Morgan fingerprint density at radius 1 is 1.50 bits per heavy atom. The number of rotatable bonds is 4. The van der Waals surface area contributed by atoms with Crippen LogP contribution >= 0.6 is 0 Å². The fourth-order valence-corrected chi connectivity index (χ4v) is 2.63. The number of ether oxygens (including phenoxy) is 1. The number of hydrogen-bond acceptors (Lipinski definition) is 6. The van der Waals surface area contributed by atoms with Crippen LogP contribution in [0.2, 0.25) is 0 Å². The molecular formula is C17H17N3O4. The molecular weight excluding hydrogens is 310 g/mol. The van der Waals surface area contributed by atoms with Crippen molar-refractivity contribution >= 4 is 11.7 Å². The smallest absolute Gasteiger partial charge is 0.336 e. The quantitative estimate of drug-likeness (QED) is 0.479. The molecule has 7 heteroatoms. The van der Waals surface area contributed by atoms with E-state index in [1.165, 1.54) is 12.1 Å². The van der Waals surface area contributed by atoms with Crippen LogP contribution in [0.25, 0.3) is 0 Å². The molecule has 0 bridgehead atoms. The number of nitrogens with zero attached hydrogens (tertiary/aromatic N) is 3. The number of carbonyl (C=O) groups is 1. The van der Waals surface area contributed by atoms with Gasteiger partial charge in [0.1, 0.15) is 0 Å². The van der Waals surface area contributed by atoms with Gasteiger partial charge >= 0.3 is 5.97 Å². The Labute approximate surface area is 139 Å². The molecule has 1 aliphatic rings. The summed E-state index contributed by atoms with van der Waals surface area (Å²) in [6.45, 7) is 3.66. The lowest BCUT2D eigenvalue weighted by molar-refractivity contribution is -0.384. The Morgan fingerprint density at radius 2 is 2.21 bits per heavy atom. The van der Waals surface area contributed by atoms with Crippen LogP contribution in [0.5, 0.6) is 0 Å². The van der Waals surface area contributed by atoms with Gasteiger partial charge in [-0.15, -0.1) is 0 Å². The van der Waals surface area contributed by atoms with Crippen molar-refractivity contribution in [2.24, 2.45) is 0 Å². The number of hydrogen-bond donors (Lipinski definition) is 0. The van der Waals surface area contributed by atoms with E-state index in [2.05, 4.69) is 6.07 Å². The van der Waals surface area contributed by atoms with Gasteiger partial charge in [-0.05, 0) is 19.4 Å². The van der Waals surface area contributed by atoms with Crippen molar-refractivity contribution < 1.29 is 14.5 Å². The van der Waals surface area contributed by atoms with E-state index < -0.39 is 16.8 Å². The van der Waals surface area contributed by atoms with Gasteiger partial charge in [0, 0.05) is 31.1 Å². The molecule has 0 aliphatic carbocycles. The zero-order valence-corrected chi connectivity index (χ0v) is 13.6. The monoisotopic (exact) mass is 327 g/mol. The molecule has 0 radical (unpaired) electrons. The molecule has 0 fully saturated rings. The Bertz CT molecular complexity index is 789. The van der Waals surface area contributed by atoms with Crippen molar-refractivity contribution in [2.75, 3.05) is 13.7 Å². The van der Waals surface area contributed by atoms with Gasteiger partial charge in [0.05, 0.1) is 34.7 Å². The van der Waals surface area contributed by atoms with Gasteiger partial charge < -0.3 is 9.64 Å². The zero-order chi connectivity index (χ0) is 17.9. The summed E-state index contributed by atoms with van der Waals surface area (Å²) in [5.41, 5.74) is 1.74. The Balaban J connectivity index is 2.62. The number of non-ortho nitro benzene ring substituents is 1. The second kappa shape index (κ2) is 6.96. The molecule has 0 amide bonds. The molecule has 0 saturated carbocycles. The van der Waals surface area contributed by atoms with E-state index in [1.807, 2.05) is 0 Å². The highest BCUT2D eigenvalue weighted by Crippen LogP contribution is 2.39. The second-order valence-corrected chi connectivity index (χ2v) is 5.31. The van der Waals surface area contributed by atoms with Gasteiger partial charge in [-0.1, -0.05) is 12.1 Å². The fourth-order valence-electron chi connectivity index (χ4n) is 2.63. The van der Waals surface area contributed by atoms with Gasteiger partial charge in [-0.3, -0.25) is 10.1 Å². The molecule has 124 valence electrons. The number of nitro groups is 1. The average molecular weight is 327 g/mol. The molecule has 0 aromatic heterocycles. The lowest BCUT2D eigenvalue weighted by atomic mass is 9.82. The van der Waals surface area contributed by atoms with E-state index >= 15 is 0 Å². The minimum Gasteiger partial charge on any atom is -0.463 e. The van der Waals surface area contributed by atoms with Crippen LogP contribution < -0.4 is 0 Å². The molecule has 1 atom stereocenters. The molecule has 1 aromatic carbocycles. The van der Waals surface area contributed by atoms with Gasteiger partial charge in [0.15, 0.2) is 0 Å². The van der Waals surface area contributed by atoms with E-state index in [4.69, 9.17) is 4.74 Å². The largest absolute Gasteiger partial charge is 0.463 e. The Kier molecular flexibility index (Phi) is 4.99. The molecule has 1 aliphatic heterocycles. The highest BCUT2D eigenvalue weighted by atomic mass is 16.6. The molecule has 1 heterocycles. The number of nitriles is 1. The summed E-state index contributed by atoms with van der Waals surface area (Å²) in [4.78, 5) is 24.5. The highest BCUT2D eigenvalue weighted by Gasteiger charge is 2.33. The number of benzene rings is 1. The SMILES string of the molecule is CCOC(=O)C1=CN(C)C(C)=C(C#N)C1c1cccc([N+](=O)[O-])c1. The standard InChI is InChI=1S/C17H17N3O4/c1-4-24-17(21)15-10-19(3)11(2)14(9-18)16(15)12-6-5-7-13(8-12)20(22)23/h5-8,10,16H,4H2,1-3H3. The molecule has 24 heavy (non-hydrogen) atoms. The molecule has 0 saturated heterocycles. The van der Waals surface area contributed by atoms with Crippen LogP contribution in [0.1, 0.15) is 25.3 Å². The lowest BCUT2D eigenvalue weighted by Gasteiger charge is -2.30. The van der Waals surface area contributed by atoms with Gasteiger partial charge in [-0.25, -0.2) is 4.79 Å². The second-order valence-electron chi connectivity index (χ2n) is 5.31. The predicted octanol–water partition coefficient (Wildman–Crippen LogP) is 2.87. The molecule has 1 aromatic rings. The average Bonchev–Trinajstić information content (AvgIpc) is 2.57. The first-order valence-electron chi connectivity index (χ1n) is 7.37. The van der Waals surface area contributed by atoms with Crippen LogP contribution in [0, 0.1) is 21.4 Å². The van der Waals surface area contributed by atoms with Gasteiger partial charge in [-0.2, -0.15) is 5.26 Å². The van der Waals surface area contributed by atoms with Gasteiger partial charge in [0.25, 0.3) is 5.69 Å². The third-order valence-corrected chi connectivity index (χ3v) is 3.90. The first-order chi connectivity index (χ1) is 11.4. The van der Waals surface area contributed by atoms with Crippen molar-refractivity contribution in [2.45, 2.75) is 19.8 Å². The van der Waals surface area contributed by atoms with Crippen LogP contribution in [0.3, 0.4) is 0 Å². The summed E-state index contributed by atoms with van der Waals surface area (Å²) >= 11 is 0. The lowest BCUT2D eigenvalue weighted by Crippen LogP contribution is -2.26. The summed E-state index contributed by atoms with van der Waals surface area (Å²) in [6, 6.07) is 8.09. The van der Waals surface area contributed by atoms with Crippen molar-refractivity contribution in [3.63, 3.8) is 0 Å². The van der Waals surface area contributed by atoms with Crippen LogP contribution in [0.4, 0.5) is 5.69 Å². The molecule has 7 nitrogen and oxygen atoms in total. The number of esters is 1. The maximum atomic E-state index is 12.3. The molecule has 0 N–H and O–H groups in total. The summed E-state index contributed by atoms with van der Waals surface area (Å²) in [5, 5.41) is 20.6. The van der Waals surface area contributed by atoms with Gasteiger partial charge in [0.2, 0.25) is 0 Å². The zero-order valence-electron chi connectivity index (χ0n) is 13.6. The highest BCUT2D eigenvalue weighted by molar-refractivity contribution is 5.92. The first kappa shape index (κ1) is 17.2. The Hall–Kier alpha value is -3.14. The summed E-state index contributed by atoms with van der Waals surface area (Å²) in [6.07, 6.45) is 1.61. The van der Waals surface area contributed by atoms with Crippen LogP contribution in [-0.4, -0.2) is 29.4 Å². The van der Waals surface area contributed by atoms with Crippen molar-refractivity contribution in [1.29, 1.82) is 5.26 Å². The summed E-state index contributed by atoms with van der Waals surface area (Å²) < 4.78 is 5.09. The summed E-state index contributed by atoms with van der Waals surface area (Å²) in [5.74, 6) is -1.23. The van der Waals surface area contributed by atoms with E-state index in [1.54, 1.807) is 44.1 Å². The van der Waals surface area contributed by atoms with Crippen molar-refractivity contribution in [1.82, 2.24) is 4.90 Å². The fraction of sp³-hybridized carbons (Fsp3) is 0.294. The molecule has 0 spiro atoms. The maximum absolute atomic E-state index is 12.3. The van der Waals surface area contributed by atoms with Crippen molar-refractivity contribution in [3.8, 4) is 6.07 Å². The maximum Gasteiger partial charge on any atom is 0.336 e. The Morgan fingerprint density at radius 3 is 2.79 bits per heavy atom. The number of nitro benzene ring substituents is 1. The minimum absolute atomic E-state index is 0.0930.